The van der Waals surface area contributed by atoms with Crippen molar-refractivity contribution in [3.05, 3.63) is 133 Å². The van der Waals surface area contributed by atoms with Gasteiger partial charge in [-0.2, -0.15) is 0 Å². The van der Waals surface area contributed by atoms with Gasteiger partial charge in [-0.3, -0.25) is 0 Å². The van der Waals surface area contributed by atoms with Gasteiger partial charge in [0, 0.05) is 11.4 Å². The lowest BCUT2D eigenvalue weighted by Gasteiger charge is -2.10. The van der Waals surface area contributed by atoms with Gasteiger partial charge in [-0.25, -0.2) is 0 Å². The smallest absolute Gasteiger partial charge is 0.0384 e. The molecule has 0 saturated heterocycles. The van der Waals surface area contributed by atoms with Gasteiger partial charge in [-0.05, 0) is 57.6 Å². The summed E-state index contributed by atoms with van der Waals surface area (Å²) < 4.78 is 0. The maximum atomic E-state index is 3.49. The molecule has 0 saturated carbocycles. The number of nitrogens with one attached hydrogen (secondary N) is 1. The quantitative estimate of drug-likeness (QED) is 0.314. The molecular weight excluding hydrogens is 374 g/mol. The van der Waals surface area contributed by atoms with Crippen molar-refractivity contribution in [1.29, 1.82) is 0 Å². The van der Waals surface area contributed by atoms with E-state index in [9.17, 15) is 0 Å². The molecule has 0 bridgehead atoms. The zero-order valence-corrected chi connectivity index (χ0v) is 17.2. The molecular formula is C30H23N. The first kappa shape index (κ1) is 18.9. The number of hydrogen-bond acceptors (Lipinski definition) is 1. The second-order valence-corrected chi connectivity index (χ2v) is 7.59. The zero-order chi connectivity index (χ0) is 20.9. The summed E-state index contributed by atoms with van der Waals surface area (Å²) in [6.45, 7) is 0. The molecule has 1 N–H and O–H groups in total. The van der Waals surface area contributed by atoms with Gasteiger partial charge < -0.3 is 5.32 Å². The highest BCUT2D eigenvalue weighted by Crippen LogP contribution is 2.27. The highest BCUT2D eigenvalue weighted by molar-refractivity contribution is 5.73. The summed E-state index contributed by atoms with van der Waals surface area (Å²) in [4.78, 5) is 0. The Morgan fingerprint density at radius 1 is 0.258 bits per heavy atom. The molecule has 0 amide bonds. The van der Waals surface area contributed by atoms with Gasteiger partial charge in [0.2, 0.25) is 0 Å². The Hall–Kier alpha value is -4.10. The van der Waals surface area contributed by atoms with Crippen LogP contribution in [0.4, 0.5) is 11.4 Å². The van der Waals surface area contributed by atoms with Crippen LogP contribution in [0.5, 0.6) is 0 Å². The van der Waals surface area contributed by atoms with E-state index in [-0.39, 0.29) is 0 Å². The van der Waals surface area contributed by atoms with Crippen LogP contribution in [0.1, 0.15) is 0 Å². The molecule has 0 aliphatic rings. The number of hydrogen-bond donors (Lipinski definition) is 1. The maximum absolute atomic E-state index is 3.49. The topological polar surface area (TPSA) is 12.0 Å². The maximum Gasteiger partial charge on any atom is 0.0384 e. The van der Waals surface area contributed by atoms with E-state index < -0.39 is 0 Å². The first-order valence-corrected chi connectivity index (χ1v) is 10.5. The Morgan fingerprint density at radius 2 is 0.516 bits per heavy atom. The van der Waals surface area contributed by atoms with Crippen LogP contribution in [0.15, 0.2) is 133 Å². The van der Waals surface area contributed by atoms with Gasteiger partial charge in [-0.1, -0.05) is 109 Å². The number of rotatable bonds is 5. The van der Waals surface area contributed by atoms with Crippen LogP contribution in [0.2, 0.25) is 0 Å². The second-order valence-electron chi connectivity index (χ2n) is 7.59. The molecule has 31 heavy (non-hydrogen) atoms. The average molecular weight is 398 g/mol. The standard InChI is InChI=1S/C30H23N/c1-3-7-23(8-4-1)25-11-13-26(14-12-25)28-17-21-30(22-18-28)31-29-19-15-27(16-20-29)24-9-5-2-6-10-24/h1-22,31H. The molecule has 0 fully saturated rings. The first-order valence-electron chi connectivity index (χ1n) is 10.5. The minimum Gasteiger partial charge on any atom is -0.356 e. The Labute approximate surface area is 183 Å². The van der Waals surface area contributed by atoms with E-state index in [2.05, 4.69) is 127 Å². The SMILES string of the molecule is c1ccc(-c2ccc(Nc3ccc(-c4ccc(-c5ccccc5)cc4)cc3)cc2)cc1. The summed E-state index contributed by atoms with van der Waals surface area (Å²) >= 11 is 0. The molecule has 5 rings (SSSR count). The highest BCUT2D eigenvalue weighted by atomic mass is 14.9. The molecule has 0 spiro atoms. The fourth-order valence-corrected chi connectivity index (χ4v) is 3.78. The van der Waals surface area contributed by atoms with Crippen LogP contribution in [-0.4, -0.2) is 0 Å². The molecule has 0 radical (unpaired) electrons. The van der Waals surface area contributed by atoms with E-state index in [0.29, 0.717) is 0 Å². The number of anilines is 2. The van der Waals surface area contributed by atoms with E-state index in [4.69, 9.17) is 0 Å². The largest absolute Gasteiger partial charge is 0.356 e. The average Bonchev–Trinajstić information content (AvgIpc) is 2.86. The van der Waals surface area contributed by atoms with Crippen LogP contribution in [0.25, 0.3) is 33.4 Å². The van der Waals surface area contributed by atoms with Gasteiger partial charge in [0.05, 0.1) is 0 Å². The summed E-state index contributed by atoms with van der Waals surface area (Å²) in [6.07, 6.45) is 0. The minimum absolute atomic E-state index is 1.08. The Bertz CT molecular complexity index is 1240. The van der Waals surface area contributed by atoms with E-state index >= 15 is 0 Å². The summed E-state index contributed by atoms with van der Waals surface area (Å²) in [5.74, 6) is 0. The third kappa shape index (κ3) is 4.41. The van der Waals surface area contributed by atoms with E-state index in [1.165, 1.54) is 33.4 Å². The van der Waals surface area contributed by atoms with Crippen LogP contribution in [0.3, 0.4) is 0 Å². The third-order valence-corrected chi connectivity index (χ3v) is 5.49. The lowest BCUT2D eigenvalue weighted by atomic mass is 10.0. The summed E-state index contributed by atoms with van der Waals surface area (Å²) in [5, 5.41) is 3.49. The summed E-state index contributed by atoms with van der Waals surface area (Å²) in [6, 6.07) is 46.8. The molecule has 0 unspecified atom stereocenters. The molecule has 1 nitrogen and oxygen atoms in total. The zero-order valence-electron chi connectivity index (χ0n) is 17.2. The Morgan fingerprint density at radius 3 is 0.839 bits per heavy atom. The molecule has 1 heteroatoms. The molecule has 0 aliphatic carbocycles. The van der Waals surface area contributed by atoms with Gasteiger partial charge in [0.1, 0.15) is 0 Å². The molecule has 0 atom stereocenters. The molecule has 148 valence electrons. The fourth-order valence-electron chi connectivity index (χ4n) is 3.78. The summed E-state index contributed by atoms with van der Waals surface area (Å²) in [5.41, 5.74) is 9.53. The van der Waals surface area contributed by atoms with Gasteiger partial charge in [0.25, 0.3) is 0 Å². The van der Waals surface area contributed by atoms with E-state index in [1.54, 1.807) is 0 Å². The lowest BCUT2D eigenvalue weighted by molar-refractivity contribution is 1.53. The van der Waals surface area contributed by atoms with Gasteiger partial charge in [-0.15, -0.1) is 0 Å². The Kier molecular flexibility index (Phi) is 5.32. The second kappa shape index (κ2) is 8.73. The van der Waals surface area contributed by atoms with Crippen molar-refractivity contribution < 1.29 is 0 Å². The summed E-state index contributed by atoms with van der Waals surface area (Å²) in [7, 11) is 0. The van der Waals surface area contributed by atoms with Crippen molar-refractivity contribution >= 4 is 11.4 Å². The van der Waals surface area contributed by atoms with Gasteiger partial charge >= 0.3 is 0 Å². The van der Waals surface area contributed by atoms with Crippen molar-refractivity contribution in [3.63, 3.8) is 0 Å². The normalized spacial score (nSPS) is 10.6. The van der Waals surface area contributed by atoms with Crippen molar-refractivity contribution in [3.8, 4) is 33.4 Å². The Balaban J connectivity index is 1.28. The molecule has 0 heterocycles. The minimum atomic E-state index is 1.08. The van der Waals surface area contributed by atoms with Crippen molar-refractivity contribution in [2.45, 2.75) is 0 Å². The van der Waals surface area contributed by atoms with Crippen LogP contribution in [0, 0.1) is 0 Å². The first-order chi connectivity index (χ1) is 15.3. The van der Waals surface area contributed by atoms with Crippen LogP contribution < -0.4 is 5.32 Å². The predicted octanol–water partition coefficient (Wildman–Crippen LogP) is 8.43. The highest BCUT2D eigenvalue weighted by Gasteiger charge is 2.02. The lowest BCUT2D eigenvalue weighted by Crippen LogP contribution is -1.90. The fraction of sp³-hybridized carbons (Fsp3) is 0. The molecule has 5 aromatic carbocycles. The van der Waals surface area contributed by atoms with Gasteiger partial charge in [0.15, 0.2) is 0 Å². The van der Waals surface area contributed by atoms with E-state index in [1.807, 2.05) is 12.1 Å². The van der Waals surface area contributed by atoms with Crippen LogP contribution in [-0.2, 0) is 0 Å². The van der Waals surface area contributed by atoms with Crippen molar-refractivity contribution in [2.24, 2.45) is 0 Å². The third-order valence-electron chi connectivity index (χ3n) is 5.49. The van der Waals surface area contributed by atoms with Crippen LogP contribution >= 0.6 is 0 Å². The molecule has 0 aliphatic heterocycles. The van der Waals surface area contributed by atoms with E-state index in [0.717, 1.165) is 11.4 Å². The molecule has 0 aromatic heterocycles. The monoisotopic (exact) mass is 397 g/mol. The van der Waals surface area contributed by atoms with Crippen molar-refractivity contribution in [2.75, 3.05) is 5.32 Å². The number of benzene rings is 5. The molecule has 5 aromatic rings. The predicted molar refractivity (Wildman–Crippen MR) is 132 cm³/mol. The van der Waals surface area contributed by atoms with Crippen molar-refractivity contribution in [1.82, 2.24) is 0 Å².